The van der Waals surface area contributed by atoms with Crippen LogP contribution in [-0.4, -0.2) is 97.3 Å². The second-order valence-electron chi connectivity index (χ2n) is 17.9. The molecule has 0 radical (unpaired) electrons. The Balaban J connectivity index is 1.24. The van der Waals surface area contributed by atoms with Crippen LogP contribution in [0, 0.1) is 29.1 Å². The van der Waals surface area contributed by atoms with Gasteiger partial charge in [-0.25, -0.2) is 13.4 Å². The summed E-state index contributed by atoms with van der Waals surface area (Å²) >= 11 is 0. The van der Waals surface area contributed by atoms with Gasteiger partial charge in [0.2, 0.25) is 33.6 Å². The lowest BCUT2D eigenvalue weighted by Crippen LogP contribution is -2.60. The number of likely N-dealkylation sites (tertiary alicyclic amines) is 1. The highest BCUT2D eigenvalue weighted by atomic mass is 32.2. The predicted molar refractivity (Wildman–Crippen MR) is 215 cm³/mol. The number of fused-ring (bicyclic) bond motifs is 1. The Labute approximate surface area is 336 Å². The van der Waals surface area contributed by atoms with E-state index in [0.29, 0.717) is 47.6 Å². The third kappa shape index (κ3) is 9.40. The van der Waals surface area contributed by atoms with Crippen LogP contribution in [0.5, 0.6) is 11.6 Å². The van der Waals surface area contributed by atoms with Crippen molar-refractivity contribution in [3.8, 4) is 11.6 Å². The van der Waals surface area contributed by atoms with Gasteiger partial charge in [0.25, 0.3) is 5.91 Å². The van der Waals surface area contributed by atoms with Crippen LogP contribution < -0.4 is 24.8 Å². The average Bonchev–Trinajstić information content (AvgIpc) is 4.08. The van der Waals surface area contributed by atoms with Crippen LogP contribution in [0.2, 0.25) is 0 Å². The predicted octanol–water partition coefficient (Wildman–Crippen LogP) is 4.27. The normalized spacial score (nSPS) is 28.0. The number of ether oxygens (including phenoxy) is 3. The molecule has 57 heavy (non-hydrogen) atoms. The van der Waals surface area contributed by atoms with Crippen molar-refractivity contribution >= 4 is 44.4 Å². The van der Waals surface area contributed by atoms with Crippen molar-refractivity contribution in [2.45, 2.75) is 122 Å². The Morgan fingerprint density at radius 3 is 2.46 bits per heavy atom. The minimum absolute atomic E-state index is 0.0275. The number of nitrogens with one attached hydrogen (secondary N) is 3. The highest BCUT2D eigenvalue weighted by molar-refractivity contribution is 7.91. The van der Waals surface area contributed by atoms with Crippen LogP contribution in [-0.2, 0) is 33.9 Å². The Morgan fingerprint density at radius 1 is 1.09 bits per heavy atom. The number of methoxy groups -OCH3 is 1. The van der Waals surface area contributed by atoms with Crippen molar-refractivity contribution in [3.63, 3.8) is 0 Å². The summed E-state index contributed by atoms with van der Waals surface area (Å²) in [6.07, 6.45) is 6.46. The van der Waals surface area contributed by atoms with E-state index < -0.39 is 74.0 Å². The molecule has 14 nitrogen and oxygen atoms in total. The van der Waals surface area contributed by atoms with Gasteiger partial charge in [-0.1, -0.05) is 54.0 Å². The third-order valence-corrected chi connectivity index (χ3v) is 13.9. The summed E-state index contributed by atoms with van der Waals surface area (Å²) in [5.41, 5.74) is -2.34. The molecule has 1 unspecified atom stereocenters. The summed E-state index contributed by atoms with van der Waals surface area (Å²) < 4.78 is 45.7. The zero-order valence-corrected chi connectivity index (χ0v) is 35.0. The fourth-order valence-electron chi connectivity index (χ4n) is 8.41. The molecular formula is C42H59N5O9S. The van der Waals surface area contributed by atoms with Crippen LogP contribution in [0.1, 0.15) is 86.5 Å². The molecule has 1 aromatic carbocycles. The van der Waals surface area contributed by atoms with Gasteiger partial charge in [0.1, 0.15) is 36.1 Å². The summed E-state index contributed by atoms with van der Waals surface area (Å²) in [6.45, 7) is 15.6. The third-order valence-electron chi connectivity index (χ3n) is 12.1. The Bertz CT molecular complexity index is 1980. The van der Waals surface area contributed by atoms with Crippen LogP contribution in [0.3, 0.4) is 0 Å². The van der Waals surface area contributed by atoms with E-state index in [1.54, 1.807) is 19.4 Å². The molecule has 1 aliphatic heterocycles. The van der Waals surface area contributed by atoms with E-state index in [2.05, 4.69) is 47.7 Å². The lowest BCUT2D eigenvalue weighted by atomic mass is 9.75. The van der Waals surface area contributed by atoms with Crippen molar-refractivity contribution in [3.05, 3.63) is 43.1 Å². The van der Waals surface area contributed by atoms with Gasteiger partial charge >= 0.3 is 0 Å². The van der Waals surface area contributed by atoms with Crippen LogP contribution in [0.15, 0.2) is 43.1 Å². The van der Waals surface area contributed by atoms with E-state index in [0.717, 1.165) is 24.6 Å². The molecule has 15 heteroatoms. The summed E-state index contributed by atoms with van der Waals surface area (Å²) in [5, 5.41) is 6.63. The number of carbonyl (C=O) groups excluding carboxylic acids is 4. The van der Waals surface area contributed by atoms with Crippen molar-refractivity contribution in [2.24, 2.45) is 29.1 Å². The second-order valence-corrected chi connectivity index (χ2v) is 19.9. The van der Waals surface area contributed by atoms with Gasteiger partial charge in [-0.2, -0.15) is 0 Å². The lowest BCUT2D eigenvalue weighted by Gasteiger charge is -2.38. The average molecular weight is 810 g/mol. The maximum Gasteiger partial charge on any atom is 0.259 e. The number of amides is 4. The molecule has 0 spiro atoms. The number of aromatic nitrogens is 1. The standard InChI is InChI=1S/C42H59N5O9S/c1-9-27-21-42(27,40(51)46-57(52,53)30-12-13-30)45-37(49)33-20-29(56-38-32-15-11-28(54-8)19-26(32)16-17-43-38)22-47(33)39(50)36(41(5,6)7)44-35(48)23-55-34-18-25(4)10-14-31(34)24(2)3/h9,11,15-17,19,24-25,27,29-31,33-34,36H,1,10,12-14,18,20-23H2,2-8H3,(H,44,48)(H,45,49)(H,46,51)/t25-,27-,29?,31+,33+,34-,36-,42-/m1/s1. The summed E-state index contributed by atoms with van der Waals surface area (Å²) in [7, 11) is -2.33. The topological polar surface area (TPSA) is 182 Å². The van der Waals surface area contributed by atoms with Crippen molar-refractivity contribution < 1.29 is 41.8 Å². The zero-order chi connectivity index (χ0) is 41.4. The molecule has 2 heterocycles. The first-order chi connectivity index (χ1) is 26.9. The molecule has 4 amide bonds. The first-order valence-electron chi connectivity index (χ1n) is 20.2. The highest BCUT2D eigenvalue weighted by Crippen LogP contribution is 2.46. The van der Waals surface area contributed by atoms with Gasteiger partial charge in [-0.05, 0) is 84.9 Å². The van der Waals surface area contributed by atoms with E-state index in [4.69, 9.17) is 14.2 Å². The van der Waals surface area contributed by atoms with Crippen molar-refractivity contribution in [2.75, 3.05) is 20.3 Å². The van der Waals surface area contributed by atoms with Crippen LogP contribution in [0.25, 0.3) is 10.8 Å². The number of hydrogen-bond acceptors (Lipinski definition) is 10. The quantitative estimate of drug-likeness (QED) is 0.220. The Morgan fingerprint density at radius 2 is 1.82 bits per heavy atom. The molecule has 3 N–H and O–H groups in total. The smallest absolute Gasteiger partial charge is 0.259 e. The van der Waals surface area contributed by atoms with Gasteiger partial charge in [0, 0.05) is 23.9 Å². The molecule has 0 bridgehead atoms. The fraction of sp³-hybridized carbons (Fsp3) is 0.643. The van der Waals surface area contributed by atoms with E-state index in [1.165, 1.54) is 11.0 Å². The maximum atomic E-state index is 14.7. The van der Waals surface area contributed by atoms with Gasteiger partial charge in [-0.15, -0.1) is 6.58 Å². The number of hydrogen-bond donors (Lipinski definition) is 3. The minimum atomic E-state index is -3.90. The van der Waals surface area contributed by atoms with Crippen LogP contribution in [0.4, 0.5) is 0 Å². The van der Waals surface area contributed by atoms with Gasteiger partial charge in [-0.3, -0.25) is 23.9 Å². The van der Waals surface area contributed by atoms with Crippen molar-refractivity contribution in [1.82, 2.24) is 25.2 Å². The number of benzene rings is 1. The number of rotatable bonds is 15. The van der Waals surface area contributed by atoms with Crippen LogP contribution >= 0.6 is 0 Å². The fourth-order valence-corrected chi connectivity index (χ4v) is 9.77. The van der Waals surface area contributed by atoms with Gasteiger partial charge < -0.3 is 29.7 Å². The molecule has 1 aromatic heterocycles. The number of nitrogens with zero attached hydrogens (tertiary/aromatic N) is 2. The molecule has 8 atom stereocenters. The summed E-state index contributed by atoms with van der Waals surface area (Å²) in [4.78, 5) is 62.2. The number of pyridine rings is 1. The second kappa shape index (κ2) is 16.6. The Hall–Kier alpha value is -4.24. The summed E-state index contributed by atoms with van der Waals surface area (Å²) in [5.74, 6) is -0.764. The first kappa shape index (κ1) is 42.4. The number of carbonyl (C=O) groups is 4. The largest absolute Gasteiger partial charge is 0.497 e. The molecule has 4 aliphatic rings. The molecule has 4 fully saturated rings. The minimum Gasteiger partial charge on any atom is -0.497 e. The molecule has 1 saturated heterocycles. The lowest BCUT2D eigenvalue weighted by molar-refractivity contribution is -0.146. The molecule has 312 valence electrons. The zero-order valence-electron chi connectivity index (χ0n) is 34.2. The number of sulfonamides is 1. The first-order valence-corrected chi connectivity index (χ1v) is 21.7. The maximum absolute atomic E-state index is 14.7. The van der Waals surface area contributed by atoms with E-state index in [9.17, 15) is 27.6 Å². The molecule has 6 rings (SSSR count). The Kier molecular flexibility index (Phi) is 12.3. The SMILES string of the molecule is C=C[C@@H]1C[C@]1(NC(=O)[C@@H]1CC(Oc2nccc3cc(OC)ccc23)CN1C(=O)[C@@H](NC(=O)CO[C@@H]1C[C@H](C)CC[C@H]1C(C)C)C(C)(C)C)C(=O)NS(=O)(=O)C1CC1. The molecule has 3 aliphatic carbocycles. The van der Waals surface area contributed by atoms with Gasteiger partial charge in [0.15, 0.2) is 0 Å². The van der Waals surface area contributed by atoms with E-state index in [1.807, 2.05) is 39.0 Å². The van der Waals surface area contributed by atoms with E-state index >= 15 is 0 Å². The van der Waals surface area contributed by atoms with E-state index in [-0.39, 0.29) is 32.1 Å². The monoisotopic (exact) mass is 809 g/mol. The highest BCUT2D eigenvalue weighted by Gasteiger charge is 2.62. The van der Waals surface area contributed by atoms with Gasteiger partial charge in [0.05, 0.1) is 25.0 Å². The molecule has 2 aromatic rings. The summed E-state index contributed by atoms with van der Waals surface area (Å²) in [6, 6.07) is 5.09. The molecule has 3 saturated carbocycles. The van der Waals surface area contributed by atoms with Crippen molar-refractivity contribution in [1.29, 1.82) is 0 Å². The molecular weight excluding hydrogens is 751 g/mol.